The van der Waals surface area contributed by atoms with Crippen molar-refractivity contribution >= 4 is 23.3 Å². The minimum absolute atomic E-state index is 0.0281. The highest BCUT2D eigenvalue weighted by atomic mass is 32.1. The monoisotopic (exact) mass is 290 g/mol. The smallest absolute Gasteiger partial charge is 0.318 e. The Kier molecular flexibility index (Phi) is 4.44. The summed E-state index contributed by atoms with van der Waals surface area (Å²) < 4.78 is 0. The van der Waals surface area contributed by atoms with Crippen LogP contribution in [0.2, 0.25) is 0 Å². The molecule has 0 radical (unpaired) electrons. The molecule has 0 aliphatic heterocycles. The van der Waals surface area contributed by atoms with Crippen LogP contribution < -0.4 is 16.8 Å². The number of nitrogens with two attached hydrogens (primary N) is 2. The van der Waals surface area contributed by atoms with Crippen LogP contribution in [0.25, 0.3) is 10.6 Å². The second-order valence-electron chi connectivity index (χ2n) is 4.13. The molecule has 0 fully saturated rings. The first kappa shape index (κ1) is 14.2. The summed E-state index contributed by atoms with van der Waals surface area (Å²) in [5, 5.41) is 4.61. The van der Waals surface area contributed by atoms with Crippen LogP contribution in [0.3, 0.4) is 0 Å². The Morgan fingerprint density at radius 1 is 1.25 bits per heavy atom. The molecule has 1 heterocycles. The van der Waals surface area contributed by atoms with E-state index in [2.05, 4.69) is 4.98 Å². The third kappa shape index (κ3) is 3.62. The minimum atomic E-state index is -0.858. The molecule has 0 atom stereocenters. The SMILES string of the molecule is NCc1ccc(-c2nc(CC(=O)NC(N)=O)cs2)cc1. The molecule has 0 aliphatic carbocycles. The van der Waals surface area contributed by atoms with Crippen LogP contribution in [0.5, 0.6) is 0 Å². The number of imide groups is 1. The number of amides is 3. The molecule has 104 valence electrons. The Balaban J connectivity index is 2.08. The number of thiazole rings is 1. The van der Waals surface area contributed by atoms with Crippen LogP contribution in [0.4, 0.5) is 4.79 Å². The van der Waals surface area contributed by atoms with E-state index in [1.54, 1.807) is 5.38 Å². The van der Waals surface area contributed by atoms with Crippen LogP contribution in [0, 0.1) is 0 Å². The predicted octanol–water partition coefficient (Wildman–Crippen LogP) is 1.01. The molecule has 0 spiro atoms. The zero-order valence-corrected chi connectivity index (χ0v) is 11.4. The van der Waals surface area contributed by atoms with Gasteiger partial charge in [-0.2, -0.15) is 0 Å². The molecule has 0 unspecified atom stereocenters. The first-order valence-corrected chi connectivity index (χ1v) is 6.79. The summed E-state index contributed by atoms with van der Waals surface area (Å²) in [7, 11) is 0. The molecule has 5 N–H and O–H groups in total. The Morgan fingerprint density at radius 2 is 1.95 bits per heavy atom. The van der Waals surface area contributed by atoms with Crippen molar-refractivity contribution in [3.05, 3.63) is 40.9 Å². The van der Waals surface area contributed by atoms with Gasteiger partial charge in [0.05, 0.1) is 12.1 Å². The number of nitrogens with zero attached hydrogens (tertiary/aromatic N) is 1. The number of carbonyl (C=O) groups is 2. The largest absolute Gasteiger partial charge is 0.351 e. The fourth-order valence-electron chi connectivity index (χ4n) is 1.65. The highest BCUT2D eigenvalue weighted by Gasteiger charge is 2.10. The van der Waals surface area contributed by atoms with E-state index in [9.17, 15) is 9.59 Å². The number of hydrogen-bond donors (Lipinski definition) is 3. The lowest BCUT2D eigenvalue weighted by Gasteiger charge is -1.99. The molecule has 6 nitrogen and oxygen atoms in total. The molecule has 0 saturated carbocycles. The topological polar surface area (TPSA) is 111 Å². The molecular formula is C13H14N4O2S. The number of aromatic nitrogens is 1. The molecular weight excluding hydrogens is 276 g/mol. The molecule has 1 aromatic carbocycles. The summed E-state index contributed by atoms with van der Waals surface area (Å²) in [5.41, 5.74) is 13.0. The standard InChI is InChI=1S/C13H14N4O2S/c14-6-8-1-3-9(4-2-8)12-16-10(7-20-12)5-11(18)17-13(15)19/h1-4,7H,5-6,14H2,(H3,15,17,18,19). The molecule has 2 aromatic rings. The van der Waals surface area contributed by atoms with Crippen molar-refractivity contribution in [1.82, 2.24) is 10.3 Å². The summed E-state index contributed by atoms with van der Waals surface area (Å²) in [6.07, 6.45) is 0.0281. The van der Waals surface area contributed by atoms with E-state index in [4.69, 9.17) is 11.5 Å². The van der Waals surface area contributed by atoms with E-state index >= 15 is 0 Å². The van der Waals surface area contributed by atoms with E-state index in [0.29, 0.717) is 12.2 Å². The van der Waals surface area contributed by atoms with Gasteiger partial charge in [0.1, 0.15) is 5.01 Å². The average Bonchev–Trinajstić information content (AvgIpc) is 2.86. The molecule has 2 rings (SSSR count). The van der Waals surface area contributed by atoms with Crippen molar-refractivity contribution in [3.8, 4) is 10.6 Å². The Labute approximate surface area is 119 Å². The molecule has 0 saturated heterocycles. The normalized spacial score (nSPS) is 10.2. The van der Waals surface area contributed by atoms with Crippen LogP contribution in [0.15, 0.2) is 29.6 Å². The van der Waals surface area contributed by atoms with Gasteiger partial charge >= 0.3 is 6.03 Å². The number of nitrogens with one attached hydrogen (secondary N) is 1. The maximum absolute atomic E-state index is 11.4. The zero-order valence-electron chi connectivity index (χ0n) is 10.6. The Bertz CT molecular complexity index is 622. The van der Waals surface area contributed by atoms with Gasteiger partial charge in [-0.15, -0.1) is 11.3 Å². The van der Waals surface area contributed by atoms with Gasteiger partial charge in [0.15, 0.2) is 0 Å². The number of carbonyl (C=O) groups excluding carboxylic acids is 2. The van der Waals surface area contributed by atoms with Gasteiger partial charge in [-0.25, -0.2) is 9.78 Å². The summed E-state index contributed by atoms with van der Waals surface area (Å²) in [4.78, 5) is 26.3. The van der Waals surface area contributed by atoms with Crippen molar-refractivity contribution < 1.29 is 9.59 Å². The van der Waals surface area contributed by atoms with Gasteiger partial charge in [-0.05, 0) is 5.56 Å². The first-order valence-electron chi connectivity index (χ1n) is 5.91. The lowest BCUT2D eigenvalue weighted by Crippen LogP contribution is -2.35. The van der Waals surface area contributed by atoms with Crippen molar-refractivity contribution in [3.63, 3.8) is 0 Å². The minimum Gasteiger partial charge on any atom is -0.351 e. The molecule has 1 aromatic heterocycles. The lowest BCUT2D eigenvalue weighted by atomic mass is 10.1. The third-order valence-corrected chi connectivity index (χ3v) is 3.53. The van der Waals surface area contributed by atoms with Gasteiger partial charge in [0, 0.05) is 17.5 Å². The Morgan fingerprint density at radius 3 is 2.55 bits per heavy atom. The highest BCUT2D eigenvalue weighted by Crippen LogP contribution is 2.24. The summed E-state index contributed by atoms with van der Waals surface area (Å²) >= 11 is 1.44. The lowest BCUT2D eigenvalue weighted by molar-refractivity contribution is -0.119. The predicted molar refractivity (Wildman–Crippen MR) is 76.9 cm³/mol. The van der Waals surface area contributed by atoms with Crippen molar-refractivity contribution in [2.45, 2.75) is 13.0 Å². The van der Waals surface area contributed by atoms with Gasteiger partial charge in [-0.1, -0.05) is 24.3 Å². The fourth-order valence-corrected chi connectivity index (χ4v) is 2.48. The maximum Gasteiger partial charge on any atom is 0.318 e. The summed E-state index contributed by atoms with van der Waals surface area (Å²) in [5.74, 6) is -0.465. The van der Waals surface area contributed by atoms with Gasteiger partial charge < -0.3 is 11.5 Å². The molecule has 0 aliphatic rings. The van der Waals surface area contributed by atoms with E-state index in [1.807, 2.05) is 29.6 Å². The van der Waals surface area contributed by atoms with Crippen LogP contribution in [0.1, 0.15) is 11.3 Å². The highest BCUT2D eigenvalue weighted by molar-refractivity contribution is 7.13. The quantitative estimate of drug-likeness (QED) is 0.780. The number of hydrogen-bond acceptors (Lipinski definition) is 5. The molecule has 3 amide bonds. The van der Waals surface area contributed by atoms with Gasteiger partial charge in [0.2, 0.25) is 5.91 Å². The number of urea groups is 1. The third-order valence-electron chi connectivity index (χ3n) is 2.59. The fraction of sp³-hybridized carbons (Fsp3) is 0.154. The molecule has 7 heteroatoms. The van der Waals surface area contributed by atoms with Crippen LogP contribution >= 0.6 is 11.3 Å². The molecule has 20 heavy (non-hydrogen) atoms. The zero-order chi connectivity index (χ0) is 14.5. The second kappa shape index (κ2) is 6.27. The van der Waals surface area contributed by atoms with Gasteiger partial charge in [-0.3, -0.25) is 10.1 Å². The average molecular weight is 290 g/mol. The second-order valence-corrected chi connectivity index (χ2v) is 4.99. The molecule has 0 bridgehead atoms. The van der Waals surface area contributed by atoms with E-state index < -0.39 is 11.9 Å². The summed E-state index contributed by atoms with van der Waals surface area (Å²) in [6, 6.07) is 6.90. The van der Waals surface area contributed by atoms with Gasteiger partial charge in [0.25, 0.3) is 0 Å². The summed E-state index contributed by atoms with van der Waals surface area (Å²) in [6.45, 7) is 0.497. The number of primary amides is 1. The maximum atomic E-state index is 11.4. The first-order chi connectivity index (χ1) is 9.58. The van der Waals surface area contributed by atoms with Crippen molar-refractivity contribution in [1.29, 1.82) is 0 Å². The van der Waals surface area contributed by atoms with E-state index in [1.165, 1.54) is 11.3 Å². The van der Waals surface area contributed by atoms with Crippen molar-refractivity contribution in [2.24, 2.45) is 11.5 Å². The van der Waals surface area contributed by atoms with E-state index in [0.717, 1.165) is 16.1 Å². The number of benzene rings is 1. The number of rotatable bonds is 4. The van der Waals surface area contributed by atoms with Crippen LogP contribution in [-0.4, -0.2) is 16.9 Å². The Hall–Kier alpha value is -2.25. The van der Waals surface area contributed by atoms with Crippen molar-refractivity contribution in [2.75, 3.05) is 0 Å². The van der Waals surface area contributed by atoms with Crippen LogP contribution in [-0.2, 0) is 17.8 Å². The van der Waals surface area contributed by atoms with E-state index in [-0.39, 0.29) is 6.42 Å².